The average molecular weight is 246 g/mol. The van der Waals surface area contributed by atoms with E-state index in [-0.39, 0.29) is 0 Å². The van der Waals surface area contributed by atoms with Gasteiger partial charge in [0.1, 0.15) is 0 Å². The summed E-state index contributed by atoms with van der Waals surface area (Å²) in [6.07, 6.45) is 8.72. The van der Waals surface area contributed by atoms with Crippen LogP contribution in [0.2, 0.25) is 0 Å². The van der Waals surface area contributed by atoms with Crippen molar-refractivity contribution in [2.45, 2.75) is 31.6 Å². The summed E-state index contributed by atoms with van der Waals surface area (Å²) in [6.45, 7) is 4.66. The van der Waals surface area contributed by atoms with E-state index in [9.17, 15) is 0 Å². The molecule has 0 amide bonds. The topological polar surface area (TPSA) is 32.3 Å². The molecule has 0 radical (unpaired) electrons. The van der Waals surface area contributed by atoms with Crippen LogP contribution in [0.25, 0.3) is 0 Å². The predicted molar refractivity (Wildman–Crippen MR) is 73.0 cm³/mol. The molecule has 1 aromatic rings. The Bertz CT molecular complexity index is 393. The molecule has 0 aromatic carbocycles. The molecule has 0 atom stereocenters. The molecule has 4 nitrogen and oxygen atoms in total. The minimum atomic E-state index is 0.602. The molecule has 0 N–H and O–H groups in total. The van der Waals surface area contributed by atoms with Crippen LogP contribution in [0.4, 0.5) is 5.82 Å². The lowest BCUT2D eigenvalue weighted by Crippen LogP contribution is -2.31. The third kappa shape index (κ3) is 2.34. The van der Waals surface area contributed by atoms with Gasteiger partial charge in [0, 0.05) is 31.4 Å². The SMILES string of the molecule is CN1CCC(c2nccnc2N2CCCC2)CC1. The lowest BCUT2D eigenvalue weighted by Gasteiger charge is -2.30. The van der Waals surface area contributed by atoms with Crippen LogP contribution in [0.3, 0.4) is 0 Å². The Morgan fingerprint density at radius 1 is 1.00 bits per heavy atom. The van der Waals surface area contributed by atoms with Gasteiger partial charge in [0.05, 0.1) is 5.69 Å². The summed E-state index contributed by atoms with van der Waals surface area (Å²) >= 11 is 0. The Morgan fingerprint density at radius 3 is 2.39 bits per heavy atom. The molecule has 4 heteroatoms. The molecule has 0 unspecified atom stereocenters. The largest absolute Gasteiger partial charge is 0.355 e. The predicted octanol–water partition coefficient (Wildman–Crippen LogP) is 1.89. The minimum Gasteiger partial charge on any atom is -0.355 e. The fraction of sp³-hybridized carbons (Fsp3) is 0.714. The van der Waals surface area contributed by atoms with E-state index in [1.807, 2.05) is 12.4 Å². The molecule has 2 fully saturated rings. The van der Waals surface area contributed by atoms with Crippen LogP contribution in [0.15, 0.2) is 12.4 Å². The summed E-state index contributed by atoms with van der Waals surface area (Å²) in [5.74, 6) is 1.76. The van der Waals surface area contributed by atoms with E-state index in [0.717, 1.165) is 18.9 Å². The third-order valence-corrected chi connectivity index (χ3v) is 4.22. The second kappa shape index (κ2) is 5.22. The van der Waals surface area contributed by atoms with E-state index >= 15 is 0 Å². The molecule has 3 rings (SSSR count). The van der Waals surface area contributed by atoms with Gasteiger partial charge < -0.3 is 9.80 Å². The second-order valence-corrected chi connectivity index (χ2v) is 5.54. The number of piperidine rings is 1. The van der Waals surface area contributed by atoms with Gasteiger partial charge in [-0.1, -0.05) is 0 Å². The van der Waals surface area contributed by atoms with Crippen molar-refractivity contribution in [2.24, 2.45) is 0 Å². The van der Waals surface area contributed by atoms with Gasteiger partial charge in [-0.3, -0.25) is 4.98 Å². The second-order valence-electron chi connectivity index (χ2n) is 5.54. The van der Waals surface area contributed by atoms with E-state index in [0.29, 0.717) is 5.92 Å². The van der Waals surface area contributed by atoms with Crippen molar-refractivity contribution >= 4 is 5.82 Å². The number of nitrogens with zero attached hydrogens (tertiary/aromatic N) is 4. The maximum atomic E-state index is 4.65. The number of likely N-dealkylation sites (tertiary alicyclic amines) is 1. The lowest BCUT2D eigenvalue weighted by atomic mass is 9.93. The lowest BCUT2D eigenvalue weighted by molar-refractivity contribution is 0.253. The van der Waals surface area contributed by atoms with Crippen LogP contribution in [-0.2, 0) is 0 Å². The zero-order chi connectivity index (χ0) is 12.4. The number of hydrogen-bond acceptors (Lipinski definition) is 4. The maximum absolute atomic E-state index is 4.65. The molecule has 2 saturated heterocycles. The van der Waals surface area contributed by atoms with Gasteiger partial charge in [-0.05, 0) is 45.8 Å². The molecule has 2 aliphatic rings. The first-order valence-electron chi connectivity index (χ1n) is 7.09. The Hall–Kier alpha value is -1.16. The third-order valence-electron chi connectivity index (χ3n) is 4.22. The van der Waals surface area contributed by atoms with E-state index in [1.165, 1.54) is 44.5 Å². The zero-order valence-corrected chi connectivity index (χ0v) is 11.2. The normalized spacial score (nSPS) is 22.6. The van der Waals surface area contributed by atoms with Crippen LogP contribution in [-0.4, -0.2) is 48.1 Å². The fourth-order valence-electron chi connectivity index (χ4n) is 3.08. The van der Waals surface area contributed by atoms with Gasteiger partial charge in [-0.25, -0.2) is 4.98 Å². The van der Waals surface area contributed by atoms with E-state index < -0.39 is 0 Å². The first-order valence-corrected chi connectivity index (χ1v) is 7.09. The number of aromatic nitrogens is 2. The number of rotatable bonds is 2. The fourth-order valence-corrected chi connectivity index (χ4v) is 3.08. The quantitative estimate of drug-likeness (QED) is 0.797. The monoisotopic (exact) mass is 246 g/mol. The van der Waals surface area contributed by atoms with Crippen molar-refractivity contribution in [2.75, 3.05) is 38.1 Å². The maximum Gasteiger partial charge on any atom is 0.150 e. The molecule has 0 aliphatic carbocycles. The Morgan fingerprint density at radius 2 is 1.67 bits per heavy atom. The Labute approximate surface area is 109 Å². The first kappa shape index (κ1) is 11.9. The average Bonchev–Trinajstić information content (AvgIpc) is 2.93. The van der Waals surface area contributed by atoms with Gasteiger partial charge in [-0.15, -0.1) is 0 Å². The summed E-state index contributed by atoms with van der Waals surface area (Å²) in [4.78, 5) is 14.1. The molecule has 3 heterocycles. The molecule has 1 aromatic heterocycles. The van der Waals surface area contributed by atoms with Gasteiger partial charge in [0.15, 0.2) is 5.82 Å². The van der Waals surface area contributed by atoms with Crippen LogP contribution >= 0.6 is 0 Å². The molecule has 98 valence electrons. The number of hydrogen-bond donors (Lipinski definition) is 0. The van der Waals surface area contributed by atoms with Gasteiger partial charge >= 0.3 is 0 Å². The van der Waals surface area contributed by atoms with Gasteiger partial charge in [0.2, 0.25) is 0 Å². The summed E-state index contributed by atoms with van der Waals surface area (Å²) < 4.78 is 0. The molecule has 18 heavy (non-hydrogen) atoms. The highest BCUT2D eigenvalue weighted by atomic mass is 15.2. The zero-order valence-electron chi connectivity index (χ0n) is 11.2. The number of anilines is 1. The van der Waals surface area contributed by atoms with Gasteiger partial charge in [0.25, 0.3) is 0 Å². The van der Waals surface area contributed by atoms with Crippen LogP contribution in [0.1, 0.15) is 37.3 Å². The highest BCUT2D eigenvalue weighted by molar-refractivity contribution is 5.45. The highest BCUT2D eigenvalue weighted by Gasteiger charge is 2.25. The standard InChI is InChI=1S/C14H22N4/c1-17-10-4-12(5-11-17)13-14(16-7-6-15-13)18-8-2-3-9-18/h6-7,12H,2-5,8-11H2,1H3. The molecule has 0 saturated carbocycles. The van der Waals surface area contributed by atoms with Crippen molar-refractivity contribution in [1.29, 1.82) is 0 Å². The van der Waals surface area contributed by atoms with Crippen LogP contribution < -0.4 is 4.90 Å². The molecular formula is C14H22N4. The summed E-state index contributed by atoms with van der Waals surface area (Å²) in [5, 5.41) is 0. The summed E-state index contributed by atoms with van der Waals surface area (Å²) in [7, 11) is 2.20. The van der Waals surface area contributed by atoms with Crippen molar-refractivity contribution in [3.05, 3.63) is 18.1 Å². The molecular weight excluding hydrogens is 224 g/mol. The first-order chi connectivity index (χ1) is 8.84. The smallest absolute Gasteiger partial charge is 0.150 e. The molecule has 0 spiro atoms. The van der Waals surface area contributed by atoms with E-state index in [4.69, 9.17) is 0 Å². The Balaban J connectivity index is 1.82. The van der Waals surface area contributed by atoms with Crippen molar-refractivity contribution in [3.63, 3.8) is 0 Å². The van der Waals surface area contributed by atoms with Crippen molar-refractivity contribution < 1.29 is 0 Å². The summed E-state index contributed by atoms with van der Waals surface area (Å²) in [6, 6.07) is 0. The molecule has 2 aliphatic heterocycles. The van der Waals surface area contributed by atoms with Crippen LogP contribution in [0, 0.1) is 0 Å². The highest BCUT2D eigenvalue weighted by Crippen LogP contribution is 2.32. The van der Waals surface area contributed by atoms with Crippen LogP contribution in [0.5, 0.6) is 0 Å². The Kier molecular flexibility index (Phi) is 3.46. The molecule has 0 bridgehead atoms. The van der Waals surface area contributed by atoms with Crippen molar-refractivity contribution in [3.8, 4) is 0 Å². The minimum absolute atomic E-state index is 0.602. The summed E-state index contributed by atoms with van der Waals surface area (Å²) in [5.41, 5.74) is 1.24. The van der Waals surface area contributed by atoms with Crippen molar-refractivity contribution in [1.82, 2.24) is 14.9 Å². The van der Waals surface area contributed by atoms with Gasteiger partial charge in [-0.2, -0.15) is 0 Å². The van der Waals surface area contributed by atoms with E-state index in [2.05, 4.69) is 26.8 Å². The van der Waals surface area contributed by atoms with E-state index in [1.54, 1.807) is 0 Å².